The molecule has 0 fully saturated rings. The molecule has 34 heavy (non-hydrogen) atoms. The molecule has 0 aliphatic heterocycles. The Kier molecular flexibility index (Phi) is 6.44. The summed E-state index contributed by atoms with van der Waals surface area (Å²) in [6.07, 6.45) is 3.40. The second-order valence-electron chi connectivity index (χ2n) is 7.13. The van der Waals surface area contributed by atoms with Crippen molar-refractivity contribution in [1.29, 1.82) is 0 Å². The van der Waals surface area contributed by atoms with Gasteiger partial charge in [0, 0.05) is 34.6 Å². The van der Waals surface area contributed by atoms with Gasteiger partial charge in [-0.15, -0.1) is 0 Å². The summed E-state index contributed by atoms with van der Waals surface area (Å²) in [5.74, 6) is 9.57. The lowest BCUT2D eigenvalue weighted by atomic mass is 10.0. The van der Waals surface area contributed by atoms with Gasteiger partial charge in [0.1, 0.15) is 0 Å². The molecule has 0 amide bonds. The summed E-state index contributed by atoms with van der Waals surface area (Å²) < 4.78 is 0. The average Bonchev–Trinajstić information content (AvgIpc) is 2.87. The fraction of sp³-hybridized carbons (Fsp3) is 0. The van der Waals surface area contributed by atoms with Crippen molar-refractivity contribution in [3.8, 4) is 35.1 Å². The van der Waals surface area contributed by atoms with Crippen LogP contribution in [0.25, 0.3) is 11.4 Å². The molecule has 4 rings (SSSR count). The van der Waals surface area contributed by atoms with Crippen LogP contribution >= 0.6 is 0 Å². The van der Waals surface area contributed by atoms with Gasteiger partial charge in [0.2, 0.25) is 0 Å². The fourth-order valence-electron chi connectivity index (χ4n) is 3.07. The van der Waals surface area contributed by atoms with E-state index in [1.165, 1.54) is 12.1 Å². The van der Waals surface area contributed by atoms with Gasteiger partial charge in [0.15, 0.2) is 0 Å². The molecular formula is C28H16N2O4. The molecule has 2 aromatic carbocycles. The Balaban J connectivity index is 1.59. The highest BCUT2D eigenvalue weighted by atomic mass is 16.4. The maximum atomic E-state index is 11.3. The van der Waals surface area contributed by atoms with Crippen molar-refractivity contribution in [2.45, 2.75) is 0 Å². The van der Waals surface area contributed by atoms with Crippen LogP contribution in [0.5, 0.6) is 0 Å². The first kappa shape index (κ1) is 22.0. The molecule has 0 radical (unpaired) electrons. The van der Waals surface area contributed by atoms with Crippen LogP contribution < -0.4 is 0 Å². The Morgan fingerprint density at radius 3 is 1.74 bits per heavy atom. The Bertz CT molecular complexity index is 1490. The van der Waals surface area contributed by atoms with Crippen molar-refractivity contribution in [2.75, 3.05) is 0 Å². The highest BCUT2D eigenvalue weighted by molar-refractivity contribution is 5.94. The monoisotopic (exact) mass is 444 g/mol. The Hall–Kier alpha value is -5.20. The van der Waals surface area contributed by atoms with Crippen LogP contribution in [0.4, 0.5) is 0 Å². The number of rotatable bonds is 3. The highest BCUT2D eigenvalue weighted by Crippen LogP contribution is 2.14. The van der Waals surface area contributed by atoms with Crippen molar-refractivity contribution in [3.63, 3.8) is 0 Å². The lowest BCUT2D eigenvalue weighted by Gasteiger charge is -2.00. The van der Waals surface area contributed by atoms with Gasteiger partial charge < -0.3 is 10.2 Å². The van der Waals surface area contributed by atoms with E-state index >= 15 is 0 Å². The van der Waals surface area contributed by atoms with Crippen LogP contribution in [0.1, 0.15) is 43.0 Å². The van der Waals surface area contributed by atoms with Crippen LogP contribution in [0.2, 0.25) is 0 Å². The molecule has 0 aliphatic rings. The first-order valence-corrected chi connectivity index (χ1v) is 10.1. The third kappa shape index (κ3) is 5.53. The molecule has 6 heteroatoms. The van der Waals surface area contributed by atoms with Crippen molar-refractivity contribution in [1.82, 2.24) is 9.97 Å². The summed E-state index contributed by atoms with van der Waals surface area (Å²) >= 11 is 0. The first-order chi connectivity index (χ1) is 16.5. The summed E-state index contributed by atoms with van der Waals surface area (Å²) in [5, 5.41) is 18.4. The number of aromatic carboxylic acids is 2. The molecule has 2 aromatic heterocycles. The van der Waals surface area contributed by atoms with E-state index in [9.17, 15) is 19.8 Å². The minimum atomic E-state index is -1.22. The van der Waals surface area contributed by atoms with E-state index < -0.39 is 11.9 Å². The van der Waals surface area contributed by atoms with Crippen molar-refractivity contribution in [3.05, 3.63) is 119 Å². The minimum Gasteiger partial charge on any atom is -0.478 e. The number of hydrogen-bond acceptors (Lipinski definition) is 4. The second kappa shape index (κ2) is 9.95. The number of aromatic nitrogens is 2. The first-order valence-electron chi connectivity index (χ1n) is 10.1. The number of nitrogens with zero attached hydrogens (tertiary/aromatic N) is 2. The minimum absolute atomic E-state index is 0.133. The zero-order valence-electron chi connectivity index (χ0n) is 17.7. The molecule has 0 atom stereocenters. The number of pyridine rings is 2. The van der Waals surface area contributed by atoms with Gasteiger partial charge in [-0.1, -0.05) is 35.8 Å². The van der Waals surface area contributed by atoms with Gasteiger partial charge in [-0.05, 0) is 60.7 Å². The van der Waals surface area contributed by atoms with E-state index in [0.717, 1.165) is 28.6 Å². The smallest absolute Gasteiger partial charge is 0.335 e. The molecule has 4 aromatic rings. The predicted molar refractivity (Wildman–Crippen MR) is 126 cm³/mol. The van der Waals surface area contributed by atoms with Gasteiger partial charge >= 0.3 is 11.9 Å². The third-order valence-corrected chi connectivity index (χ3v) is 4.68. The molecule has 2 N–H and O–H groups in total. The molecule has 0 saturated carbocycles. The molecule has 0 unspecified atom stereocenters. The second-order valence-corrected chi connectivity index (χ2v) is 7.13. The van der Waals surface area contributed by atoms with E-state index in [0.29, 0.717) is 11.1 Å². The van der Waals surface area contributed by atoms with Gasteiger partial charge in [0.25, 0.3) is 0 Å². The molecular weight excluding hydrogens is 428 g/mol. The number of carbonyl (C=O) groups is 2. The number of carboxylic acids is 2. The molecule has 162 valence electrons. The molecule has 6 nitrogen and oxygen atoms in total. The standard InChI is InChI=1S/C28H16N2O4/c31-27(32)23-15-22(16-24(18-23)28(33)34)10-9-20-5-3-4-19(14-20)7-8-21-11-13-30-26(17-21)25-6-1-2-12-29-25/h1-6,11-18H,(H,31,32)(H,33,34). The largest absolute Gasteiger partial charge is 0.478 e. The Labute approximate surface area is 195 Å². The van der Waals surface area contributed by atoms with E-state index in [4.69, 9.17) is 0 Å². The maximum Gasteiger partial charge on any atom is 0.335 e. The normalized spacial score (nSPS) is 9.76. The van der Waals surface area contributed by atoms with E-state index in [2.05, 4.69) is 33.6 Å². The molecule has 0 spiro atoms. The van der Waals surface area contributed by atoms with E-state index in [1.807, 2.05) is 42.5 Å². The van der Waals surface area contributed by atoms with Crippen LogP contribution in [-0.2, 0) is 0 Å². The summed E-state index contributed by atoms with van der Waals surface area (Å²) in [6.45, 7) is 0. The summed E-state index contributed by atoms with van der Waals surface area (Å²) in [6, 6.07) is 20.4. The van der Waals surface area contributed by atoms with Gasteiger partial charge in [0.05, 0.1) is 22.5 Å². The van der Waals surface area contributed by atoms with Crippen LogP contribution in [0.15, 0.2) is 85.2 Å². The van der Waals surface area contributed by atoms with Crippen LogP contribution in [0, 0.1) is 23.7 Å². The predicted octanol–water partition coefficient (Wildman–Crippen LogP) is 4.34. The average molecular weight is 444 g/mol. The molecule has 2 heterocycles. The van der Waals surface area contributed by atoms with Crippen LogP contribution in [-0.4, -0.2) is 32.1 Å². The quantitative estimate of drug-likeness (QED) is 0.456. The fourth-order valence-corrected chi connectivity index (χ4v) is 3.07. The zero-order valence-corrected chi connectivity index (χ0v) is 17.7. The summed E-state index contributed by atoms with van der Waals surface area (Å²) in [4.78, 5) is 31.2. The lowest BCUT2D eigenvalue weighted by Crippen LogP contribution is -2.03. The Morgan fingerprint density at radius 2 is 1.15 bits per heavy atom. The topological polar surface area (TPSA) is 100 Å². The maximum absolute atomic E-state index is 11.3. The van der Waals surface area contributed by atoms with Crippen molar-refractivity contribution in [2.24, 2.45) is 0 Å². The van der Waals surface area contributed by atoms with E-state index in [1.54, 1.807) is 24.5 Å². The van der Waals surface area contributed by atoms with Gasteiger partial charge in [-0.25, -0.2) is 9.59 Å². The molecule has 0 saturated heterocycles. The van der Waals surface area contributed by atoms with Crippen LogP contribution in [0.3, 0.4) is 0 Å². The summed E-state index contributed by atoms with van der Waals surface area (Å²) in [7, 11) is 0. The summed E-state index contributed by atoms with van der Waals surface area (Å²) in [5.41, 5.74) is 3.73. The van der Waals surface area contributed by atoms with Crippen molar-refractivity contribution < 1.29 is 19.8 Å². The number of carboxylic acid groups (broad SMARTS) is 2. The zero-order chi connectivity index (χ0) is 23.9. The molecule has 0 bridgehead atoms. The van der Waals surface area contributed by atoms with Crippen molar-refractivity contribution >= 4 is 11.9 Å². The van der Waals surface area contributed by atoms with Gasteiger partial charge in [-0.3, -0.25) is 9.97 Å². The van der Waals surface area contributed by atoms with Gasteiger partial charge in [-0.2, -0.15) is 0 Å². The number of benzene rings is 2. The number of hydrogen-bond donors (Lipinski definition) is 2. The van der Waals surface area contributed by atoms with E-state index in [-0.39, 0.29) is 11.1 Å². The molecule has 0 aliphatic carbocycles. The SMILES string of the molecule is O=C(O)c1cc(C#Cc2cccc(C#Cc3ccnc(-c4ccccn4)c3)c2)cc(C(=O)O)c1. The highest BCUT2D eigenvalue weighted by Gasteiger charge is 2.10. The lowest BCUT2D eigenvalue weighted by molar-refractivity contribution is 0.0696. The Morgan fingerprint density at radius 1 is 0.559 bits per heavy atom. The third-order valence-electron chi connectivity index (χ3n) is 4.68.